The van der Waals surface area contributed by atoms with E-state index in [1.54, 1.807) is 30.3 Å². The highest BCUT2D eigenvalue weighted by Crippen LogP contribution is 2.14. The molecular weight excluding hydrogens is 376 g/mol. The molecule has 0 atom stereocenters. The fourth-order valence-electron chi connectivity index (χ4n) is 3.21. The van der Waals surface area contributed by atoms with Crippen LogP contribution in [-0.4, -0.2) is 45.5 Å². The van der Waals surface area contributed by atoms with Crippen molar-refractivity contribution in [1.82, 2.24) is 9.62 Å². The van der Waals surface area contributed by atoms with Crippen LogP contribution in [0.5, 0.6) is 5.75 Å². The number of carbonyl (C=O) groups excluding carboxylic acids is 1. The van der Waals surface area contributed by atoms with Crippen molar-refractivity contribution in [3.05, 3.63) is 60.2 Å². The summed E-state index contributed by atoms with van der Waals surface area (Å²) in [4.78, 5) is 14.6. The summed E-state index contributed by atoms with van der Waals surface area (Å²) < 4.78 is 32.2. The molecule has 0 bridgehead atoms. The molecule has 1 amide bonds. The zero-order valence-electron chi connectivity index (χ0n) is 15.8. The van der Waals surface area contributed by atoms with Crippen LogP contribution in [0.25, 0.3) is 0 Å². The molecule has 2 aromatic rings. The Labute approximate surface area is 166 Å². The highest BCUT2D eigenvalue weighted by molar-refractivity contribution is 7.90. The molecular formula is C21H26N2O4S. The van der Waals surface area contributed by atoms with Gasteiger partial charge in [-0.1, -0.05) is 36.8 Å². The Kier molecular flexibility index (Phi) is 7.06. The lowest BCUT2D eigenvalue weighted by Gasteiger charge is -2.26. The van der Waals surface area contributed by atoms with Gasteiger partial charge in [-0.15, -0.1) is 0 Å². The minimum absolute atomic E-state index is 0.0138. The van der Waals surface area contributed by atoms with Crippen molar-refractivity contribution in [2.45, 2.75) is 30.6 Å². The molecule has 7 heteroatoms. The molecule has 0 spiro atoms. The summed E-state index contributed by atoms with van der Waals surface area (Å²) >= 11 is 0. The number of hydrogen-bond donors (Lipinski definition) is 1. The SMILES string of the molecule is O=C(Cc1ccc(OCCN2CCCCC2)cc1)NS(=O)(=O)c1ccccc1. The van der Waals surface area contributed by atoms with E-state index in [0.29, 0.717) is 6.61 Å². The van der Waals surface area contributed by atoms with Crippen LogP contribution in [-0.2, 0) is 21.2 Å². The Bertz CT molecular complexity index is 861. The molecule has 1 aliphatic rings. The van der Waals surface area contributed by atoms with Gasteiger partial charge in [-0.25, -0.2) is 13.1 Å². The van der Waals surface area contributed by atoms with Crippen LogP contribution in [0.4, 0.5) is 0 Å². The molecule has 150 valence electrons. The van der Waals surface area contributed by atoms with Crippen molar-refractivity contribution < 1.29 is 17.9 Å². The first-order chi connectivity index (χ1) is 13.5. The van der Waals surface area contributed by atoms with Gasteiger partial charge in [0.25, 0.3) is 10.0 Å². The lowest BCUT2D eigenvalue weighted by atomic mass is 10.1. The molecule has 2 aromatic carbocycles. The molecule has 0 saturated carbocycles. The largest absolute Gasteiger partial charge is 0.492 e. The molecule has 0 aromatic heterocycles. The quantitative estimate of drug-likeness (QED) is 0.735. The smallest absolute Gasteiger partial charge is 0.264 e. The maximum absolute atomic E-state index is 12.2. The first-order valence-corrected chi connectivity index (χ1v) is 11.1. The third-order valence-electron chi connectivity index (χ3n) is 4.71. The standard InChI is InChI=1S/C21H26N2O4S/c24-21(22-28(25,26)20-7-3-1-4-8-20)17-18-9-11-19(12-10-18)27-16-15-23-13-5-2-6-14-23/h1,3-4,7-12H,2,5-6,13-17H2,(H,22,24). The molecule has 1 N–H and O–H groups in total. The van der Waals surface area contributed by atoms with E-state index < -0.39 is 15.9 Å². The van der Waals surface area contributed by atoms with Gasteiger partial charge < -0.3 is 4.74 Å². The zero-order chi connectivity index (χ0) is 19.8. The summed E-state index contributed by atoms with van der Waals surface area (Å²) in [5.74, 6) is 0.181. The highest BCUT2D eigenvalue weighted by Gasteiger charge is 2.17. The minimum Gasteiger partial charge on any atom is -0.492 e. The van der Waals surface area contributed by atoms with Gasteiger partial charge in [-0.05, 0) is 55.8 Å². The van der Waals surface area contributed by atoms with Crippen LogP contribution in [0.2, 0.25) is 0 Å². The Balaban J connectivity index is 1.46. The number of nitrogens with zero attached hydrogens (tertiary/aromatic N) is 1. The van der Waals surface area contributed by atoms with Crippen LogP contribution in [0, 0.1) is 0 Å². The number of hydrogen-bond acceptors (Lipinski definition) is 5. The van der Waals surface area contributed by atoms with Crippen LogP contribution >= 0.6 is 0 Å². The van der Waals surface area contributed by atoms with Gasteiger partial charge >= 0.3 is 0 Å². The number of amides is 1. The topological polar surface area (TPSA) is 75.7 Å². The van der Waals surface area contributed by atoms with Gasteiger partial charge in [0, 0.05) is 6.54 Å². The summed E-state index contributed by atoms with van der Waals surface area (Å²) in [6, 6.07) is 15.0. The zero-order valence-corrected chi connectivity index (χ0v) is 16.7. The fourth-order valence-corrected chi connectivity index (χ4v) is 4.21. The van der Waals surface area contributed by atoms with E-state index in [2.05, 4.69) is 9.62 Å². The molecule has 3 rings (SSSR count). The number of sulfonamides is 1. The van der Waals surface area contributed by atoms with Crippen molar-refractivity contribution in [2.75, 3.05) is 26.2 Å². The van der Waals surface area contributed by atoms with Gasteiger partial charge in [-0.2, -0.15) is 0 Å². The van der Waals surface area contributed by atoms with Crippen molar-refractivity contribution in [3.63, 3.8) is 0 Å². The van der Waals surface area contributed by atoms with E-state index in [1.165, 1.54) is 31.4 Å². The second-order valence-electron chi connectivity index (χ2n) is 6.91. The van der Waals surface area contributed by atoms with Gasteiger partial charge in [0.05, 0.1) is 11.3 Å². The first-order valence-electron chi connectivity index (χ1n) is 9.58. The molecule has 1 aliphatic heterocycles. The number of ether oxygens (including phenoxy) is 1. The van der Waals surface area contributed by atoms with E-state index in [-0.39, 0.29) is 11.3 Å². The van der Waals surface area contributed by atoms with Crippen molar-refractivity contribution in [2.24, 2.45) is 0 Å². The predicted molar refractivity (Wildman–Crippen MR) is 108 cm³/mol. The summed E-state index contributed by atoms with van der Waals surface area (Å²) in [6.45, 7) is 3.84. The van der Waals surface area contributed by atoms with E-state index in [0.717, 1.165) is 30.9 Å². The molecule has 0 radical (unpaired) electrons. The number of piperidine rings is 1. The number of nitrogens with one attached hydrogen (secondary N) is 1. The van der Waals surface area contributed by atoms with Crippen molar-refractivity contribution >= 4 is 15.9 Å². The Morgan fingerprint density at radius 3 is 2.32 bits per heavy atom. The molecule has 0 aliphatic carbocycles. The van der Waals surface area contributed by atoms with Crippen LogP contribution in [0.1, 0.15) is 24.8 Å². The lowest BCUT2D eigenvalue weighted by molar-refractivity contribution is -0.118. The maximum atomic E-state index is 12.2. The highest BCUT2D eigenvalue weighted by atomic mass is 32.2. The van der Waals surface area contributed by atoms with E-state index in [1.807, 2.05) is 12.1 Å². The molecule has 1 heterocycles. The van der Waals surface area contributed by atoms with Gasteiger partial charge in [0.15, 0.2) is 0 Å². The molecule has 28 heavy (non-hydrogen) atoms. The van der Waals surface area contributed by atoms with Crippen LogP contribution in [0.3, 0.4) is 0 Å². The van der Waals surface area contributed by atoms with E-state index in [4.69, 9.17) is 4.74 Å². The van der Waals surface area contributed by atoms with E-state index in [9.17, 15) is 13.2 Å². The number of carbonyl (C=O) groups is 1. The number of benzene rings is 2. The summed E-state index contributed by atoms with van der Waals surface area (Å²) in [6.07, 6.45) is 3.83. The van der Waals surface area contributed by atoms with Crippen molar-refractivity contribution in [3.8, 4) is 5.75 Å². The Morgan fingerprint density at radius 2 is 1.64 bits per heavy atom. The third kappa shape index (κ3) is 6.07. The summed E-state index contributed by atoms with van der Waals surface area (Å²) in [5, 5.41) is 0. The molecule has 0 unspecified atom stereocenters. The van der Waals surface area contributed by atoms with E-state index >= 15 is 0 Å². The molecule has 1 fully saturated rings. The Morgan fingerprint density at radius 1 is 0.964 bits per heavy atom. The van der Waals surface area contributed by atoms with Gasteiger partial charge in [0.1, 0.15) is 12.4 Å². The first kappa shape index (κ1) is 20.4. The van der Waals surface area contributed by atoms with Gasteiger partial charge in [0.2, 0.25) is 5.91 Å². The average Bonchev–Trinajstić information content (AvgIpc) is 2.70. The van der Waals surface area contributed by atoms with Crippen molar-refractivity contribution in [1.29, 1.82) is 0 Å². The monoisotopic (exact) mass is 402 g/mol. The predicted octanol–water partition coefficient (Wildman–Crippen LogP) is 2.60. The van der Waals surface area contributed by atoms with Crippen LogP contribution in [0.15, 0.2) is 59.5 Å². The average molecular weight is 403 g/mol. The third-order valence-corrected chi connectivity index (χ3v) is 6.10. The molecule has 1 saturated heterocycles. The second kappa shape index (κ2) is 9.71. The number of likely N-dealkylation sites (tertiary alicyclic amines) is 1. The number of rotatable bonds is 8. The van der Waals surface area contributed by atoms with Crippen LogP contribution < -0.4 is 9.46 Å². The molecule has 6 nitrogen and oxygen atoms in total. The fraction of sp³-hybridized carbons (Fsp3) is 0.381. The maximum Gasteiger partial charge on any atom is 0.264 e. The summed E-state index contributed by atoms with van der Waals surface area (Å²) in [5.41, 5.74) is 0.726. The summed E-state index contributed by atoms with van der Waals surface area (Å²) in [7, 11) is -3.84. The Hall–Kier alpha value is -2.38. The normalized spacial score (nSPS) is 15.1. The van der Waals surface area contributed by atoms with Gasteiger partial charge in [-0.3, -0.25) is 9.69 Å². The minimum atomic E-state index is -3.84. The lowest BCUT2D eigenvalue weighted by Crippen LogP contribution is -2.33. The second-order valence-corrected chi connectivity index (χ2v) is 8.60.